The van der Waals surface area contributed by atoms with Crippen LogP contribution in [-0.4, -0.2) is 52.0 Å². The third kappa shape index (κ3) is 5.71. The van der Waals surface area contributed by atoms with Gasteiger partial charge in [-0.05, 0) is 75.1 Å². The maximum Gasteiger partial charge on any atom is 0.253 e. The molecule has 1 aliphatic heterocycles. The fourth-order valence-electron chi connectivity index (χ4n) is 5.69. The lowest BCUT2D eigenvalue weighted by Crippen LogP contribution is -2.45. The van der Waals surface area contributed by atoms with Gasteiger partial charge in [0.05, 0.1) is 11.0 Å². The standard InChI is InChI=1S/C28H40F2N4O/c1-27(2,3)26-32-23-16-21(25(35)33-14-10-22(11-15-33)31-17-19-4-5-19)6-7-24(23)34(26)18-20-8-12-28(29,30)13-9-20/h6-7,16,19-20,22,31H,4-5,8-15,17-18H2,1-3H3. The van der Waals surface area contributed by atoms with E-state index in [0.717, 1.165) is 55.3 Å². The summed E-state index contributed by atoms with van der Waals surface area (Å²) in [6.45, 7) is 9.79. The molecule has 1 amide bonds. The lowest BCUT2D eigenvalue weighted by Gasteiger charge is -2.32. The maximum atomic E-state index is 13.7. The monoisotopic (exact) mass is 486 g/mol. The molecule has 2 saturated carbocycles. The first-order valence-electron chi connectivity index (χ1n) is 13.5. The molecule has 2 aromatic rings. The van der Waals surface area contributed by atoms with Gasteiger partial charge in [0.25, 0.3) is 5.91 Å². The van der Waals surface area contributed by atoms with Gasteiger partial charge in [-0.2, -0.15) is 0 Å². The van der Waals surface area contributed by atoms with E-state index in [0.29, 0.717) is 31.0 Å². The van der Waals surface area contributed by atoms with Crippen LogP contribution in [0.4, 0.5) is 8.78 Å². The molecule has 0 unspecified atom stereocenters. The van der Waals surface area contributed by atoms with Crippen molar-refractivity contribution in [3.8, 4) is 0 Å². The molecule has 2 aliphatic carbocycles. The summed E-state index contributed by atoms with van der Waals surface area (Å²) >= 11 is 0. The number of carbonyl (C=O) groups excluding carboxylic acids is 1. The number of amides is 1. The number of hydrogen-bond donors (Lipinski definition) is 1. The number of piperidine rings is 1. The van der Waals surface area contributed by atoms with Crippen molar-refractivity contribution in [2.24, 2.45) is 11.8 Å². The molecule has 3 aliphatic rings. The molecule has 1 aromatic carbocycles. The van der Waals surface area contributed by atoms with Crippen molar-refractivity contribution in [1.82, 2.24) is 19.8 Å². The molecule has 1 aromatic heterocycles. The van der Waals surface area contributed by atoms with Gasteiger partial charge in [0.1, 0.15) is 5.82 Å². The zero-order valence-electron chi connectivity index (χ0n) is 21.5. The highest BCUT2D eigenvalue weighted by atomic mass is 19.3. The van der Waals surface area contributed by atoms with Crippen LogP contribution in [-0.2, 0) is 12.0 Å². The van der Waals surface area contributed by atoms with Gasteiger partial charge in [-0.1, -0.05) is 20.8 Å². The van der Waals surface area contributed by atoms with Gasteiger partial charge in [-0.25, -0.2) is 13.8 Å². The fourth-order valence-corrected chi connectivity index (χ4v) is 5.69. The van der Waals surface area contributed by atoms with Crippen LogP contribution in [0.25, 0.3) is 11.0 Å². The first-order valence-corrected chi connectivity index (χ1v) is 13.5. The van der Waals surface area contributed by atoms with E-state index in [9.17, 15) is 13.6 Å². The minimum atomic E-state index is -2.52. The number of carbonyl (C=O) groups is 1. The Kier molecular flexibility index (Phi) is 6.66. The van der Waals surface area contributed by atoms with Crippen molar-refractivity contribution < 1.29 is 13.6 Å². The number of benzene rings is 1. The Hall–Kier alpha value is -2.02. The number of hydrogen-bond acceptors (Lipinski definition) is 3. The molecule has 2 heterocycles. The van der Waals surface area contributed by atoms with Crippen LogP contribution in [0, 0.1) is 11.8 Å². The third-order valence-corrected chi connectivity index (χ3v) is 8.12. The molecule has 0 radical (unpaired) electrons. The van der Waals surface area contributed by atoms with Crippen LogP contribution in [0.2, 0.25) is 0 Å². The van der Waals surface area contributed by atoms with Crippen LogP contribution < -0.4 is 5.32 Å². The topological polar surface area (TPSA) is 50.2 Å². The second kappa shape index (κ2) is 9.45. The summed E-state index contributed by atoms with van der Waals surface area (Å²) < 4.78 is 29.6. The molecule has 192 valence electrons. The van der Waals surface area contributed by atoms with E-state index in [4.69, 9.17) is 4.98 Å². The number of nitrogens with one attached hydrogen (secondary N) is 1. The second-order valence-electron chi connectivity index (χ2n) is 12.2. The van der Waals surface area contributed by atoms with E-state index >= 15 is 0 Å². The summed E-state index contributed by atoms with van der Waals surface area (Å²) in [7, 11) is 0. The minimum absolute atomic E-state index is 0.0272. The van der Waals surface area contributed by atoms with Crippen molar-refractivity contribution in [2.75, 3.05) is 19.6 Å². The van der Waals surface area contributed by atoms with Crippen molar-refractivity contribution >= 4 is 16.9 Å². The highest BCUT2D eigenvalue weighted by Gasteiger charge is 2.36. The number of nitrogens with zero attached hydrogens (tertiary/aromatic N) is 3. The highest BCUT2D eigenvalue weighted by molar-refractivity contribution is 5.97. The summed E-state index contributed by atoms with van der Waals surface area (Å²) in [5.41, 5.74) is 2.32. The predicted octanol–water partition coefficient (Wildman–Crippen LogP) is 5.76. The average Bonchev–Trinajstić information content (AvgIpc) is 3.58. The van der Waals surface area contributed by atoms with Gasteiger partial charge in [0, 0.05) is 49.5 Å². The average molecular weight is 487 g/mol. The van der Waals surface area contributed by atoms with Crippen molar-refractivity contribution in [2.45, 2.75) is 96.1 Å². The van der Waals surface area contributed by atoms with Crippen LogP contribution in [0.15, 0.2) is 18.2 Å². The molecule has 1 N–H and O–H groups in total. The number of likely N-dealkylation sites (tertiary alicyclic amines) is 1. The molecule has 5 rings (SSSR count). The summed E-state index contributed by atoms with van der Waals surface area (Å²) in [5, 5.41) is 3.68. The van der Waals surface area contributed by atoms with Crippen molar-refractivity contribution in [1.29, 1.82) is 0 Å². The molecule has 7 heteroatoms. The SMILES string of the molecule is CC(C)(C)c1nc2cc(C(=O)N3CCC(NCC4CC4)CC3)ccc2n1CC1CCC(F)(F)CC1. The van der Waals surface area contributed by atoms with Crippen LogP contribution in [0.1, 0.15) is 88.3 Å². The lowest BCUT2D eigenvalue weighted by atomic mass is 9.86. The van der Waals surface area contributed by atoms with E-state index in [-0.39, 0.29) is 30.1 Å². The normalized spacial score (nSPS) is 22.1. The number of imidazole rings is 1. The largest absolute Gasteiger partial charge is 0.339 e. The lowest BCUT2D eigenvalue weighted by molar-refractivity contribution is -0.0473. The Bertz CT molecular complexity index is 1050. The molecule has 3 fully saturated rings. The quantitative estimate of drug-likeness (QED) is 0.565. The van der Waals surface area contributed by atoms with E-state index in [1.807, 2.05) is 23.1 Å². The number of aromatic nitrogens is 2. The van der Waals surface area contributed by atoms with Gasteiger partial charge in [0.2, 0.25) is 5.92 Å². The Morgan fingerprint density at radius 2 is 1.74 bits per heavy atom. The minimum Gasteiger partial charge on any atom is -0.339 e. The summed E-state index contributed by atoms with van der Waals surface area (Å²) in [6.07, 6.45) is 5.75. The zero-order chi connectivity index (χ0) is 24.8. The molecular weight excluding hydrogens is 446 g/mol. The maximum absolute atomic E-state index is 13.7. The Morgan fingerprint density at radius 3 is 2.37 bits per heavy atom. The molecule has 35 heavy (non-hydrogen) atoms. The number of alkyl halides is 2. The van der Waals surface area contributed by atoms with Crippen LogP contribution >= 0.6 is 0 Å². The molecule has 0 spiro atoms. The smallest absolute Gasteiger partial charge is 0.253 e. The predicted molar refractivity (Wildman–Crippen MR) is 135 cm³/mol. The van der Waals surface area contributed by atoms with Gasteiger partial charge in [0.15, 0.2) is 0 Å². The molecule has 5 nitrogen and oxygen atoms in total. The molecule has 1 saturated heterocycles. The third-order valence-electron chi connectivity index (χ3n) is 8.12. The summed E-state index contributed by atoms with van der Waals surface area (Å²) in [6, 6.07) is 6.37. The zero-order valence-corrected chi connectivity index (χ0v) is 21.5. The first kappa shape index (κ1) is 24.7. The summed E-state index contributed by atoms with van der Waals surface area (Å²) in [5.74, 6) is -0.384. The molecule has 0 bridgehead atoms. The number of rotatable bonds is 6. The second-order valence-corrected chi connectivity index (χ2v) is 12.2. The van der Waals surface area contributed by atoms with E-state index < -0.39 is 5.92 Å². The Labute approximate surface area is 207 Å². The molecule has 0 atom stereocenters. The number of halogens is 2. The molecular formula is C28H40F2N4O. The number of fused-ring (bicyclic) bond motifs is 1. The van der Waals surface area contributed by atoms with Crippen molar-refractivity contribution in [3.63, 3.8) is 0 Å². The van der Waals surface area contributed by atoms with E-state index in [1.165, 1.54) is 12.8 Å². The Balaban J connectivity index is 1.31. The first-order chi connectivity index (χ1) is 16.6. The van der Waals surface area contributed by atoms with Crippen LogP contribution in [0.5, 0.6) is 0 Å². The van der Waals surface area contributed by atoms with Crippen LogP contribution in [0.3, 0.4) is 0 Å². The highest BCUT2D eigenvalue weighted by Crippen LogP contribution is 2.38. The van der Waals surface area contributed by atoms with Crippen molar-refractivity contribution in [3.05, 3.63) is 29.6 Å². The van der Waals surface area contributed by atoms with Gasteiger partial charge in [-0.15, -0.1) is 0 Å². The summed E-state index contributed by atoms with van der Waals surface area (Å²) in [4.78, 5) is 20.2. The van der Waals surface area contributed by atoms with E-state index in [2.05, 4.69) is 30.7 Å². The van der Waals surface area contributed by atoms with Gasteiger partial charge >= 0.3 is 0 Å². The Morgan fingerprint density at radius 1 is 1.06 bits per heavy atom. The fraction of sp³-hybridized carbons (Fsp3) is 0.714. The van der Waals surface area contributed by atoms with Gasteiger partial charge < -0.3 is 14.8 Å². The van der Waals surface area contributed by atoms with Gasteiger partial charge in [-0.3, -0.25) is 4.79 Å². The van der Waals surface area contributed by atoms with E-state index in [1.54, 1.807) is 0 Å².